The third-order valence-electron chi connectivity index (χ3n) is 2.22. The Hall–Kier alpha value is -2.08. The maximum absolute atomic E-state index is 10.9. The maximum atomic E-state index is 10.9. The molecule has 2 rings (SSSR count). The van der Waals surface area contributed by atoms with E-state index in [0.29, 0.717) is 24.5 Å². The third-order valence-corrected chi connectivity index (χ3v) is 2.52. The van der Waals surface area contributed by atoms with E-state index in [1.165, 1.54) is 6.33 Å². The van der Waals surface area contributed by atoms with Crippen LogP contribution in [0, 0.1) is 6.92 Å². The molecule has 0 fully saturated rings. The van der Waals surface area contributed by atoms with Gasteiger partial charge in [0.25, 0.3) is 0 Å². The number of halogens is 1. The first-order chi connectivity index (χ1) is 8.70. The Bertz CT molecular complexity index is 575. The molecule has 0 atom stereocenters. The van der Waals surface area contributed by atoms with Gasteiger partial charge in [-0.1, -0.05) is 11.6 Å². The first-order valence-corrected chi connectivity index (χ1v) is 5.56. The molecular formula is C11H10ClN5O. The quantitative estimate of drug-likeness (QED) is 0.667. The fourth-order valence-corrected chi connectivity index (χ4v) is 1.57. The van der Waals surface area contributed by atoms with Crippen molar-refractivity contribution in [1.82, 2.24) is 19.9 Å². The molecule has 0 amide bonds. The standard InChI is InChI=1S/C11H10ClN5O/c1-7-13-3-2-8(17-7)4-14-11-9(5-18)10(12)15-6-16-11/h2-3,5-6H,4H2,1H3,(H,14,15,16). The van der Waals surface area contributed by atoms with Crippen molar-refractivity contribution in [3.63, 3.8) is 0 Å². The molecule has 2 aromatic heterocycles. The fourth-order valence-electron chi connectivity index (χ4n) is 1.40. The number of anilines is 1. The lowest BCUT2D eigenvalue weighted by molar-refractivity contribution is 0.112. The zero-order chi connectivity index (χ0) is 13.0. The van der Waals surface area contributed by atoms with Crippen LogP contribution in [0.3, 0.4) is 0 Å². The molecule has 0 aliphatic heterocycles. The smallest absolute Gasteiger partial charge is 0.156 e. The summed E-state index contributed by atoms with van der Waals surface area (Å²) in [7, 11) is 0. The van der Waals surface area contributed by atoms with Crippen molar-refractivity contribution in [3.8, 4) is 0 Å². The van der Waals surface area contributed by atoms with E-state index in [1.807, 2.05) is 6.92 Å². The average molecular weight is 264 g/mol. The van der Waals surface area contributed by atoms with E-state index in [-0.39, 0.29) is 10.7 Å². The Morgan fingerprint density at radius 1 is 1.39 bits per heavy atom. The van der Waals surface area contributed by atoms with Crippen molar-refractivity contribution in [2.24, 2.45) is 0 Å². The van der Waals surface area contributed by atoms with E-state index < -0.39 is 0 Å². The monoisotopic (exact) mass is 263 g/mol. The van der Waals surface area contributed by atoms with Gasteiger partial charge >= 0.3 is 0 Å². The molecule has 0 spiro atoms. The van der Waals surface area contributed by atoms with Gasteiger partial charge in [-0.2, -0.15) is 0 Å². The summed E-state index contributed by atoms with van der Waals surface area (Å²) in [6, 6.07) is 1.78. The first kappa shape index (κ1) is 12.4. The van der Waals surface area contributed by atoms with Crippen LogP contribution in [-0.4, -0.2) is 26.2 Å². The van der Waals surface area contributed by atoms with Crippen LogP contribution in [0.25, 0.3) is 0 Å². The van der Waals surface area contributed by atoms with Gasteiger partial charge in [0.2, 0.25) is 0 Å². The molecule has 0 aromatic carbocycles. The number of nitrogens with zero attached hydrogens (tertiary/aromatic N) is 4. The molecule has 0 saturated heterocycles. The topological polar surface area (TPSA) is 80.7 Å². The summed E-state index contributed by atoms with van der Waals surface area (Å²) in [5, 5.41) is 3.12. The highest BCUT2D eigenvalue weighted by atomic mass is 35.5. The van der Waals surface area contributed by atoms with Crippen LogP contribution < -0.4 is 5.32 Å². The van der Waals surface area contributed by atoms with Crippen molar-refractivity contribution in [3.05, 3.63) is 40.8 Å². The molecule has 0 aliphatic rings. The lowest BCUT2D eigenvalue weighted by Gasteiger charge is -2.07. The molecule has 0 radical (unpaired) electrons. The second kappa shape index (κ2) is 5.50. The molecule has 6 nitrogen and oxygen atoms in total. The highest BCUT2D eigenvalue weighted by Gasteiger charge is 2.08. The number of aryl methyl sites for hydroxylation is 1. The van der Waals surface area contributed by atoms with E-state index in [4.69, 9.17) is 11.6 Å². The number of rotatable bonds is 4. The summed E-state index contributed by atoms with van der Waals surface area (Å²) in [6.07, 6.45) is 3.59. The normalized spacial score (nSPS) is 10.1. The predicted molar refractivity (Wildman–Crippen MR) is 66.5 cm³/mol. The Labute approximate surface area is 108 Å². The number of carbonyl (C=O) groups is 1. The van der Waals surface area contributed by atoms with Crippen molar-refractivity contribution < 1.29 is 4.79 Å². The molecule has 2 aromatic rings. The Morgan fingerprint density at radius 2 is 2.22 bits per heavy atom. The van der Waals surface area contributed by atoms with Crippen LogP contribution in [0.15, 0.2) is 18.6 Å². The summed E-state index contributed by atoms with van der Waals surface area (Å²) in [4.78, 5) is 26.8. The van der Waals surface area contributed by atoms with Gasteiger partial charge in [-0.25, -0.2) is 19.9 Å². The van der Waals surface area contributed by atoms with Crippen LogP contribution in [0.4, 0.5) is 5.82 Å². The minimum absolute atomic E-state index is 0.126. The summed E-state index contributed by atoms with van der Waals surface area (Å²) in [5.41, 5.74) is 1.04. The average Bonchev–Trinajstić information content (AvgIpc) is 2.36. The molecule has 0 saturated carbocycles. The molecule has 0 unspecified atom stereocenters. The number of nitrogens with one attached hydrogen (secondary N) is 1. The second-order valence-corrected chi connectivity index (χ2v) is 3.85. The molecule has 1 N–H and O–H groups in total. The van der Waals surface area contributed by atoms with Crippen LogP contribution >= 0.6 is 11.6 Å². The molecule has 92 valence electrons. The number of carbonyl (C=O) groups excluding carboxylic acids is 1. The van der Waals surface area contributed by atoms with Crippen LogP contribution in [0.1, 0.15) is 21.9 Å². The van der Waals surface area contributed by atoms with Crippen LogP contribution in [-0.2, 0) is 6.54 Å². The number of aldehydes is 1. The van der Waals surface area contributed by atoms with E-state index >= 15 is 0 Å². The zero-order valence-electron chi connectivity index (χ0n) is 9.59. The molecule has 0 bridgehead atoms. The van der Waals surface area contributed by atoms with Gasteiger partial charge in [-0.3, -0.25) is 4.79 Å². The third kappa shape index (κ3) is 2.78. The van der Waals surface area contributed by atoms with E-state index in [2.05, 4.69) is 25.3 Å². The summed E-state index contributed by atoms with van der Waals surface area (Å²) in [5.74, 6) is 1.08. The Morgan fingerprint density at radius 3 is 2.94 bits per heavy atom. The minimum atomic E-state index is 0.126. The van der Waals surface area contributed by atoms with Crippen molar-refractivity contribution >= 4 is 23.7 Å². The van der Waals surface area contributed by atoms with E-state index in [1.54, 1.807) is 12.3 Å². The molecule has 0 aliphatic carbocycles. The Kier molecular flexibility index (Phi) is 3.78. The van der Waals surface area contributed by atoms with Gasteiger partial charge < -0.3 is 5.32 Å². The van der Waals surface area contributed by atoms with Crippen molar-refractivity contribution in [2.45, 2.75) is 13.5 Å². The first-order valence-electron chi connectivity index (χ1n) is 5.19. The minimum Gasteiger partial charge on any atom is -0.364 e. The SMILES string of the molecule is Cc1nccc(CNc2ncnc(Cl)c2C=O)n1. The Balaban J connectivity index is 2.15. The highest BCUT2D eigenvalue weighted by Crippen LogP contribution is 2.17. The lowest BCUT2D eigenvalue weighted by Crippen LogP contribution is -2.07. The zero-order valence-corrected chi connectivity index (χ0v) is 10.3. The number of aromatic nitrogens is 4. The number of hydrogen-bond donors (Lipinski definition) is 1. The maximum Gasteiger partial charge on any atom is 0.156 e. The molecule has 18 heavy (non-hydrogen) atoms. The van der Waals surface area contributed by atoms with E-state index in [9.17, 15) is 4.79 Å². The number of hydrogen-bond acceptors (Lipinski definition) is 6. The summed E-state index contributed by atoms with van der Waals surface area (Å²) < 4.78 is 0. The van der Waals surface area contributed by atoms with Crippen LogP contribution in [0.2, 0.25) is 5.15 Å². The van der Waals surface area contributed by atoms with Gasteiger partial charge in [0.1, 0.15) is 23.1 Å². The molecule has 2 heterocycles. The van der Waals surface area contributed by atoms with Gasteiger partial charge in [0.05, 0.1) is 17.8 Å². The summed E-state index contributed by atoms with van der Waals surface area (Å²) in [6.45, 7) is 2.24. The van der Waals surface area contributed by atoms with Gasteiger partial charge in [-0.15, -0.1) is 0 Å². The largest absolute Gasteiger partial charge is 0.364 e. The van der Waals surface area contributed by atoms with Crippen molar-refractivity contribution in [2.75, 3.05) is 5.32 Å². The van der Waals surface area contributed by atoms with Crippen LogP contribution in [0.5, 0.6) is 0 Å². The van der Waals surface area contributed by atoms with Gasteiger partial charge in [-0.05, 0) is 13.0 Å². The molecular weight excluding hydrogens is 254 g/mol. The van der Waals surface area contributed by atoms with Gasteiger partial charge in [0, 0.05) is 6.20 Å². The van der Waals surface area contributed by atoms with Gasteiger partial charge in [0.15, 0.2) is 6.29 Å². The summed E-state index contributed by atoms with van der Waals surface area (Å²) >= 11 is 5.79. The van der Waals surface area contributed by atoms with E-state index in [0.717, 1.165) is 5.69 Å². The second-order valence-electron chi connectivity index (χ2n) is 3.49. The molecule has 7 heteroatoms. The highest BCUT2D eigenvalue weighted by molar-refractivity contribution is 6.32. The lowest BCUT2D eigenvalue weighted by atomic mass is 10.3. The fraction of sp³-hybridized carbons (Fsp3) is 0.182. The van der Waals surface area contributed by atoms with Crippen molar-refractivity contribution in [1.29, 1.82) is 0 Å². The predicted octanol–water partition coefficient (Wildman–Crippen LogP) is 1.65.